The van der Waals surface area contributed by atoms with Crippen molar-refractivity contribution in [3.63, 3.8) is 0 Å². The van der Waals surface area contributed by atoms with Gasteiger partial charge in [0.2, 0.25) is 0 Å². The molecule has 0 radical (unpaired) electrons. The quantitative estimate of drug-likeness (QED) is 0.626. The maximum absolute atomic E-state index is 12.5. The highest BCUT2D eigenvalue weighted by Gasteiger charge is 2.17. The van der Waals surface area contributed by atoms with E-state index in [1.54, 1.807) is 0 Å². The smallest absolute Gasteiger partial charge is 0.335 e. The lowest BCUT2D eigenvalue weighted by atomic mass is 10.0. The number of nitrogens with one attached hydrogen (secondary N) is 2. The predicted molar refractivity (Wildman–Crippen MR) is 102 cm³/mol. The second-order valence-corrected chi connectivity index (χ2v) is 6.26. The van der Waals surface area contributed by atoms with Crippen molar-refractivity contribution in [1.29, 1.82) is 0 Å². The van der Waals surface area contributed by atoms with E-state index < -0.39 is 17.4 Å². The number of hydrogen-bond acceptors (Lipinski definition) is 5. The summed E-state index contributed by atoms with van der Waals surface area (Å²) in [5.74, 6) is -1.59. The number of benzene rings is 1. The van der Waals surface area contributed by atoms with Crippen LogP contribution in [0.15, 0.2) is 53.6 Å². The van der Waals surface area contributed by atoms with Crippen LogP contribution in [-0.4, -0.2) is 31.9 Å². The van der Waals surface area contributed by atoms with Crippen LogP contribution >= 0.6 is 0 Å². The predicted octanol–water partition coefficient (Wildman–Crippen LogP) is 2.33. The largest absolute Gasteiger partial charge is 0.478 e. The molecule has 2 heterocycles. The van der Waals surface area contributed by atoms with E-state index in [9.17, 15) is 14.4 Å². The van der Waals surface area contributed by atoms with Crippen LogP contribution in [0, 0.1) is 6.92 Å². The van der Waals surface area contributed by atoms with E-state index in [-0.39, 0.29) is 28.7 Å². The van der Waals surface area contributed by atoms with Crippen LogP contribution in [0.1, 0.15) is 44.8 Å². The Morgan fingerprint density at radius 2 is 1.93 bits per heavy atom. The highest BCUT2D eigenvalue weighted by Crippen LogP contribution is 2.17. The Balaban J connectivity index is 1.83. The van der Waals surface area contributed by atoms with E-state index in [1.807, 2.05) is 38.1 Å². The number of hydrogen-bond donors (Lipinski definition) is 3. The zero-order chi connectivity index (χ0) is 20.3. The Labute approximate surface area is 160 Å². The van der Waals surface area contributed by atoms with Crippen LogP contribution in [0.3, 0.4) is 0 Å². The molecule has 3 N–H and O–H groups in total. The number of pyridine rings is 1. The number of rotatable bonds is 5. The summed E-state index contributed by atoms with van der Waals surface area (Å²) in [6.45, 7) is 3.77. The summed E-state index contributed by atoms with van der Waals surface area (Å²) in [6.07, 6.45) is 2.46. The third kappa shape index (κ3) is 3.96. The number of carbonyl (C=O) groups excluding carboxylic acids is 1. The summed E-state index contributed by atoms with van der Waals surface area (Å²) in [5.41, 5.74) is 1.41. The summed E-state index contributed by atoms with van der Waals surface area (Å²) in [5, 5.41) is 11.8. The van der Waals surface area contributed by atoms with Crippen molar-refractivity contribution in [3.8, 4) is 11.5 Å². The molecule has 2 aromatic heterocycles. The van der Waals surface area contributed by atoms with E-state index in [0.717, 1.165) is 17.3 Å². The maximum atomic E-state index is 12.5. The number of carbonyl (C=O) groups is 2. The molecule has 28 heavy (non-hydrogen) atoms. The van der Waals surface area contributed by atoms with Crippen molar-refractivity contribution in [2.75, 3.05) is 0 Å². The van der Waals surface area contributed by atoms with E-state index in [4.69, 9.17) is 5.11 Å². The van der Waals surface area contributed by atoms with Gasteiger partial charge in [0.05, 0.1) is 11.6 Å². The lowest BCUT2D eigenvalue weighted by Crippen LogP contribution is -2.32. The van der Waals surface area contributed by atoms with Gasteiger partial charge in [-0.05, 0) is 37.1 Å². The van der Waals surface area contributed by atoms with Gasteiger partial charge in [-0.25, -0.2) is 9.78 Å². The lowest BCUT2D eigenvalue weighted by Gasteiger charge is -2.16. The first-order valence-corrected chi connectivity index (χ1v) is 8.52. The first-order valence-electron chi connectivity index (χ1n) is 8.52. The molecule has 1 aromatic carbocycles. The van der Waals surface area contributed by atoms with E-state index in [1.165, 1.54) is 18.3 Å². The number of carboxylic acid groups (broad SMARTS) is 1. The van der Waals surface area contributed by atoms with E-state index in [2.05, 4.69) is 20.3 Å². The van der Waals surface area contributed by atoms with Crippen LogP contribution in [0.5, 0.6) is 0 Å². The van der Waals surface area contributed by atoms with Gasteiger partial charge in [0, 0.05) is 12.4 Å². The SMILES string of the molecule is Cc1ccccc1C(C)NC(=O)c1cnc(-c2cc(C(=O)O)ccn2)[nH]c1=O. The molecule has 1 atom stereocenters. The minimum Gasteiger partial charge on any atom is -0.478 e. The fraction of sp³-hybridized carbons (Fsp3) is 0.150. The number of aryl methyl sites for hydroxylation is 1. The first-order chi connectivity index (χ1) is 13.4. The molecule has 8 heteroatoms. The molecule has 0 saturated carbocycles. The van der Waals surface area contributed by atoms with Crippen molar-refractivity contribution in [2.24, 2.45) is 0 Å². The summed E-state index contributed by atoms with van der Waals surface area (Å²) >= 11 is 0. The summed E-state index contributed by atoms with van der Waals surface area (Å²) < 4.78 is 0. The molecule has 0 aliphatic rings. The molecule has 1 unspecified atom stereocenters. The monoisotopic (exact) mass is 378 g/mol. The van der Waals surface area contributed by atoms with E-state index in [0.29, 0.717) is 0 Å². The van der Waals surface area contributed by atoms with Gasteiger partial charge in [-0.1, -0.05) is 24.3 Å². The van der Waals surface area contributed by atoms with Crippen molar-refractivity contribution in [1.82, 2.24) is 20.3 Å². The van der Waals surface area contributed by atoms with Crippen molar-refractivity contribution < 1.29 is 14.7 Å². The summed E-state index contributed by atoms with van der Waals surface area (Å²) in [7, 11) is 0. The zero-order valence-corrected chi connectivity index (χ0v) is 15.3. The molecule has 0 aliphatic heterocycles. The van der Waals surface area contributed by atoms with Gasteiger partial charge in [-0.15, -0.1) is 0 Å². The number of nitrogens with zero attached hydrogens (tertiary/aromatic N) is 2. The summed E-state index contributed by atoms with van der Waals surface area (Å²) in [4.78, 5) is 46.5. The molecular weight excluding hydrogens is 360 g/mol. The minimum atomic E-state index is -1.12. The van der Waals surface area contributed by atoms with E-state index >= 15 is 0 Å². The van der Waals surface area contributed by atoms with Crippen molar-refractivity contribution >= 4 is 11.9 Å². The number of aromatic amines is 1. The molecule has 0 saturated heterocycles. The Morgan fingerprint density at radius 1 is 1.18 bits per heavy atom. The average Bonchev–Trinajstić information content (AvgIpc) is 2.68. The molecule has 3 aromatic rings. The fourth-order valence-corrected chi connectivity index (χ4v) is 2.80. The number of carboxylic acids is 1. The zero-order valence-electron chi connectivity index (χ0n) is 15.3. The molecule has 0 bridgehead atoms. The third-order valence-electron chi connectivity index (χ3n) is 4.30. The highest BCUT2D eigenvalue weighted by molar-refractivity contribution is 5.94. The standard InChI is InChI=1S/C20H18N4O4/c1-11-5-3-4-6-14(11)12(2)23-18(25)15-10-22-17(24-19(15)26)16-9-13(20(27)28)7-8-21-16/h3-10,12H,1-2H3,(H,23,25)(H,27,28)(H,22,24,26). The van der Waals surface area contributed by atoms with Crippen molar-refractivity contribution in [3.05, 3.63) is 81.4 Å². The van der Waals surface area contributed by atoms with Gasteiger partial charge in [0.25, 0.3) is 11.5 Å². The number of H-pyrrole nitrogens is 1. The van der Waals surface area contributed by atoms with Gasteiger partial charge < -0.3 is 15.4 Å². The molecule has 0 fully saturated rings. The van der Waals surface area contributed by atoms with Gasteiger partial charge in [0.15, 0.2) is 5.82 Å². The van der Waals surface area contributed by atoms with Crippen LogP contribution in [-0.2, 0) is 0 Å². The van der Waals surface area contributed by atoms with Crippen LogP contribution in [0.2, 0.25) is 0 Å². The van der Waals surface area contributed by atoms with Crippen molar-refractivity contribution in [2.45, 2.75) is 19.9 Å². The Kier molecular flexibility index (Phi) is 5.30. The molecule has 1 amide bonds. The number of amides is 1. The maximum Gasteiger partial charge on any atom is 0.335 e. The van der Waals surface area contributed by atoms with Gasteiger partial charge in [0.1, 0.15) is 11.3 Å². The first kappa shape index (κ1) is 19.0. The molecule has 142 valence electrons. The minimum absolute atomic E-state index is 0.0153. The lowest BCUT2D eigenvalue weighted by molar-refractivity contribution is 0.0696. The van der Waals surface area contributed by atoms with Crippen LogP contribution in [0.4, 0.5) is 0 Å². The average molecular weight is 378 g/mol. The second-order valence-electron chi connectivity index (χ2n) is 6.26. The highest BCUT2D eigenvalue weighted by atomic mass is 16.4. The molecule has 8 nitrogen and oxygen atoms in total. The second kappa shape index (κ2) is 7.83. The molecule has 3 rings (SSSR count). The Bertz CT molecular complexity index is 1110. The van der Waals surface area contributed by atoms with Crippen LogP contribution in [0.25, 0.3) is 11.5 Å². The van der Waals surface area contributed by atoms with Gasteiger partial charge in [-0.3, -0.25) is 14.6 Å². The molecule has 0 spiro atoms. The van der Waals surface area contributed by atoms with Gasteiger partial charge >= 0.3 is 5.97 Å². The topological polar surface area (TPSA) is 125 Å². The fourth-order valence-electron chi connectivity index (χ4n) is 2.80. The number of aromatic carboxylic acids is 1. The normalized spacial score (nSPS) is 11.6. The van der Waals surface area contributed by atoms with Gasteiger partial charge in [-0.2, -0.15) is 0 Å². The molecule has 0 aliphatic carbocycles. The number of aromatic nitrogens is 3. The summed E-state index contributed by atoms with van der Waals surface area (Å²) in [6, 6.07) is 9.98. The Morgan fingerprint density at radius 3 is 2.61 bits per heavy atom. The van der Waals surface area contributed by atoms with Crippen LogP contribution < -0.4 is 10.9 Å². The molecular formula is C20H18N4O4. The third-order valence-corrected chi connectivity index (χ3v) is 4.30. The Hall–Kier alpha value is -3.81.